The number of hydrogen-bond acceptors (Lipinski definition) is 6. The molecule has 0 aliphatic carbocycles. The summed E-state index contributed by atoms with van der Waals surface area (Å²) in [4.78, 5) is 14.9. The van der Waals surface area contributed by atoms with Crippen molar-refractivity contribution >= 4 is 5.91 Å². The van der Waals surface area contributed by atoms with Crippen molar-refractivity contribution in [2.24, 2.45) is 0 Å². The third-order valence-corrected chi connectivity index (χ3v) is 5.53. The van der Waals surface area contributed by atoms with Gasteiger partial charge in [0, 0.05) is 31.6 Å². The molecular formula is C20H24N4O3. The topological polar surface area (TPSA) is 87.6 Å². The number of aliphatic hydroxyl groups excluding tert-OH is 1. The molecule has 2 N–H and O–H groups in total. The fourth-order valence-electron chi connectivity index (χ4n) is 4.05. The van der Waals surface area contributed by atoms with Gasteiger partial charge in [-0.1, -0.05) is 18.2 Å². The lowest BCUT2D eigenvalue weighted by molar-refractivity contribution is -0.0269. The molecule has 1 unspecified atom stereocenters. The average Bonchev–Trinajstić information content (AvgIpc) is 2.71. The molecule has 27 heavy (non-hydrogen) atoms. The number of aromatic nitrogens is 2. The van der Waals surface area contributed by atoms with Crippen molar-refractivity contribution < 1.29 is 14.6 Å². The first-order valence-corrected chi connectivity index (χ1v) is 9.38. The van der Waals surface area contributed by atoms with Gasteiger partial charge in [-0.05, 0) is 25.0 Å². The number of piperidine rings is 1. The highest BCUT2D eigenvalue weighted by atomic mass is 16.5. The Balaban J connectivity index is 1.55. The van der Waals surface area contributed by atoms with Gasteiger partial charge in [-0.25, -0.2) is 0 Å². The number of ether oxygens (including phenoxy) is 1. The molecule has 7 nitrogen and oxygen atoms in total. The zero-order valence-corrected chi connectivity index (χ0v) is 15.2. The summed E-state index contributed by atoms with van der Waals surface area (Å²) in [5.74, 6) is 0.692. The molecule has 4 rings (SSSR count). The van der Waals surface area contributed by atoms with Crippen LogP contribution in [0.5, 0.6) is 5.75 Å². The SMILES string of the molecule is O=C(NC1CC2(CCN(CCO)CC2)Oc2ccccc21)c1ccnnc1. The van der Waals surface area contributed by atoms with Gasteiger partial charge in [0.15, 0.2) is 0 Å². The molecular weight excluding hydrogens is 344 g/mol. The number of para-hydroxylation sites is 1. The van der Waals surface area contributed by atoms with Crippen LogP contribution in [0, 0.1) is 0 Å². The molecule has 1 fully saturated rings. The van der Waals surface area contributed by atoms with Gasteiger partial charge in [0.25, 0.3) is 5.91 Å². The van der Waals surface area contributed by atoms with Crippen molar-refractivity contribution in [1.82, 2.24) is 20.4 Å². The van der Waals surface area contributed by atoms with Gasteiger partial charge in [-0.3, -0.25) is 4.79 Å². The van der Waals surface area contributed by atoms with Gasteiger partial charge in [0.1, 0.15) is 11.4 Å². The number of nitrogens with zero attached hydrogens (tertiary/aromatic N) is 3. The Bertz CT molecular complexity index is 791. The van der Waals surface area contributed by atoms with Crippen molar-refractivity contribution in [3.8, 4) is 5.75 Å². The molecule has 0 saturated carbocycles. The van der Waals surface area contributed by atoms with Gasteiger partial charge >= 0.3 is 0 Å². The number of β-amino-alcohol motifs (C(OH)–C–C–N with tert-alkyl or cyclic N) is 1. The number of carbonyl (C=O) groups is 1. The maximum atomic E-state index is 12.7. The van der Waals surface area contributed by atoms with E-state index in [1.54, 1.807) is 6.07 Å². The molecule has 2 aliphatic rings. The number of hydrogen-bond donors (Lipinski definition) is 2. The van der Waals surface area contributed by atoms with Crippen LogP contribution < -0.4 is 10.1 Å². The Hall–Kier alpha value is -2.51. The van der Waals surface area contributed by atoms with Crippen LogP contribution in [-0.4, -0.2) is 58.0 Å². The molecule has 2 aliphatic heterocycles. The highest BCUT2D eigenvalue weighted by molar-refractivity contribution is 5.94. The lowest BCUT2D eigenvalue weighted by Crippen LogP contribution is -2.52. The van der Waals surface area contributed by atoms with Crippen molar-refractivity contribution in [2.45, 2.75) is 30.9 Å². The molecule has 2 aromatic rings. The molecule has 1 aromatic carbocycles. The number of amides is 1. The van der Waals surface area contributed by atoms with Crippen LogP contribution in [0.2, 0.25) is 0 Å². The molecule has 0 radical (unpaired) electrons. The fourth-order valence-corrected chi connectivity index (χ4v) is 4.05. The summed E-state index contributed by atoms with van der Waals surface area (Å²) in [7, 11) is 0. The van der Waals surface area contributed by atoms with Crippen LogP contribution in [0.3, 0.4) is 0 Å². The zero-order valence-electron chi connectivity index (χ0n) is 15.2. The predicted molar refractivity (Wildman–Crippen MR) is 99.4 cm³/mol. The van der Waals surface area contributed by atoms with Crippen LogP contribution in [-0.2, 0) is 0 Å². The smallest absolute Gasteiger partial charge is 0.253 e. The van der Waals surface area contributed by atoms with E-state index in [9.17, 15) is 4.79 Å². The van der Waals surface area contributed by atoms with E-state index in [-0.39, 0.29) is 24.2 Å². The van der Waals surface area contributed by atoms with E-state index < -0.39 is 0 Å². The minimum Gasteiger partial charge on any atom is -0.487 e. The van der Waals surface area contributed by atoms with E-state index in [1.807, 2.05) is 24.3 Å². The Morgan fingerprint density at radius 3 is 2.81 bits per heavy atom. The summed E-state index contributed by atoms with van der Waals surface area (Å²) in [6, 6.07) is 9.47. The second-order valence-electron chi connectivity index (χ2n) is 7.25. The second-order valence-corrected chi connectivity index (χ2v) is 7.25. The summed E-state index contributed by atoms with van der Waals surface area (Å²) in [5.41, 5.74) is 1.23. The molecule has 1 amide bonds. The van der Waals surface area contributed by atoms with E-state index in [2.05, 4.69) is 20.4 Å². The van der Waals surface area contributed by atoms with E-state index >= 15 is 0 Å². The number of fused-ring (bicyclic) bond motifs is 1. The van der Waals surface area contributed by atoms with Crippen molar-refractivity contribution in [1.29, 1.82) is 0 Å². The van der Waals surface area contributed by atoms with Gasteiger partial charge in [0.2, 0.25) is 0 Å². The number of carbonyl (C=O) groups excluding carboxylic acids is 1. The van der Waals surface area contributed by atoms with Crippen LogP contribution >= 0.6 is 0 Å². The number of nitrogens with one attached hydrogen (secondary N) is 1. The van der Waals surface area contributed by atoms with Crippen molar-refractivity contribution in [3.63, 3.8) is 0 Å². The molecule has 1 atom stereocenters. The van der Waals surface area contributed by atoms with E-state index in [0.717, 1.165) is 43.7 Å². The van der Waals surface area contributed by atoms with Gasteiger partial charge < -0.3 is 20.1 Å². The first kappa shape index (κ1) is 17.9. The number of aliphatic hydroxyl groups is 1. The lowest BCUT2D eigenvalue weighted by atomic mass is 9.80. The minimum absolute atomic E-state index is 0.111. The predicted octanol–water partition coefficient (Wildman–Crippen LogP) is 1.56. The highest BCUT2D eigenvalue weighted by Gasteiger charge is 2.43. The first-order valence-electron chi connectivity index (χ1n) is 9.38. The average molecular weight is 368 g/mol. The summed E-state index contributed by atoms with van der Waals surface area (Å²) < 4.78 is 6.44. The number of benzene rings is 1. The second kappa shape index (κ2) is 7.62. The maximum Gasteiger partial charge on any atom is 0.253 e. The molecule has 0 bridgehead atoms. The molecule has 1 spiro atoms. The van der Waals surface area contributed by atoms with Gasteiger partial charge in [-0.2, -0.15) is 10.2 Å². The Morgan fingerprint density at radius 2 is 2.07 bits per heavy atom. The Kier molecular flexibility index (Phi) is 5.05. The van der Waals surface area contributed by atoms with Crippen molar-refractivity contribution in [3.05, 3.63) is 53.9 Å². The third-order valence-electron chi connectivity index (χ3n) is 5.53. The zero-order chi connectivity index (χ0) is 18.7. The molecule has 1 aromatic heterocycles. The van der Waals surface area contributed by atoms with E-state index in [4.69, 9.17) is 9.84 Å². The lowest BCUT2D eigenvalue weighted by Gasteiger charge is -2.47. The Labute approximate surface area is 158 Å². The van der Waals surface area contributed by atoms with Crippen LogP contribution in [0.4, 0.5) is 0 Å². The number of likely N-dealkylation sites (tertiary alicyclic amines) is 1. The van der Waals surface area contributed by atoms with Crippen LogP contribution in [0.25, 0.3) is 0 Å². The molecule has 3 heterocycles. The van der Waals surface area contributed by atoms with Gasteiger partial charge in [-0.15, -0.1) is 0 Å². The maximum absolute atomic E-state index is 12.7. The van der Waals surface area contributed by atoms with E-state index in [1.165, 1.54) is 12.4 Å². The summed E-state index contributed by atoms with van der Waals surface area (Å²) in [6.07, 6.45) is 5.49. The number of rotatable bonds is 4. The Morgan fingerprint density at radius 1 is 1.26 bits per heavy atom. The summed E-state index contributed by atoms with van der Waals surface area (Å²) >= 11 is 0. The quantitative estimate of drug-likeness (QED) is 0.852. The van der Waals surface area contributed by atoms with Crippen LogP contribution in [0.1, 0.15) is 41.2 Å². The molecule has 1 saturated heterocycles. The summed E-state index contributed by atoms with van der Waals surface area (Å²) in [5, 5.41) is 19.8. The van der Waals surface area contributed by atoms with E-state index in [0.29, 0.717) is 12.1 Å². The monoisotopic (exact) mass is 368 g/mol. The molecule has 7 heteroatoms. The summed E-state index contributed by atoms with van der Waals surface area (Å²) in [6.45, 7) is 2.65. The first-order chi connectivity index (χ1) is 13.2. The standard InChI is InChI=1S/C20H24N4O3/c25-12-11-24-9-6-20(7-10-24)13-17(16-3-1-2-4-18(16)27-20)23-19(26)15-5-8-21-22-14-15/h1-5,8,14,17,25H,6-7,9-13H2,(H,23,26). The normalized spacial score (nSPS) is 21.3. The largest absolute Gasteiger partial charge is 0.487 e. The third kappa shape index (κ3) is 3.79. The van der Waals surface area contributed by atoms with Gasteiger partial charge in [0.05, 0.1) is 30.6 Å². The highest BCUT2D eigenvalue weighted by Crippen LogP contribution is 2.44. The van der Waals surface area contributed by atoms with Crippen LogP contribution in [0.15, 0.2) is 42.7 Å². The minimum atomic E-state index is -0.283. The molecule has 142 valence electrons. The fraction of sp³-hybridized carbons (Fsp3) is 0.450. The van der Waals surface area contributed by atoms with Crippen molar-refractivity contribution in [2.75, 3.05) is 26.2 Å².